The quantitative estimate of drug-likeness (QED) is 0.212. The van der Waals surface area contributed by atoms with Crippen molar-refractivity contribution in [1.82, 2.24) is 15.2 Å². The molecule has 2 aromatic carbocycles. The normalized spacial score (nSPS) is 12.0. The Balaban J connectivity index is 0.00000588. The molecule has 41 heavy (non-hydrogen) atoms. The minimum Gasteiger partial charge on any atom is -0.447 e. The largest absolute Gasteiger partial charge is 0.447 e. The predicted molar refractivity (Wildman–Crippen MR) is 158 cm³/mol. The maximum Gasteiger partial charge on any atom is 0.412 e. The first-order chi connectivity index (χ1) is 18.9. The Bertz CT molecular complexity index is 1320. The standard InChI is InChI=1S/C29H35ClF2N4O4.CH4/c1-29(2,39)18-33-13-5-7-23(36(3)26(37)12-10-19-6-4-8-24(32)27(19)30)17-40-28(38)35-25-15-21-14-22(31)11-9-20(21)16-34-25;/h4,6,8-9,11,14-16,23,33,39H,5,7,10,12-13,17-18H2,1-3H3,(H,34,35,38);1H4/t23-;/m0./s1. The van der Waals surface area contributed by atoms with Crippen LogP contribution in [0.4, 0.5) is 19.4 Å². The molecule has 0 aliphatic rings. The SMILES string of the molecule is C.CN(C(=O)CCc1cccc(F)c1Cl)[C@@H](CCCNCC(C)(C)O)COC(=O)Nc1cc2cc(F)ccc2cn1. The van der Waals surface area contributed by atoms with Crippen molar-refractivity contribution in [2.24, 2.45) is 0 Å². The van der Waals surface area contributed by atoms with E-state index in [2.05, 4.69) is 15.6 Å². The Kier molecular flexibility index (Phi) is 12.9. The molecule has 1 aromatic heterocycles. The number of amides is 2. The molecule has 8 nitrogen and oxygen atoms in total. The fourth-order valence-electron chi connectivity index (χ4n) is 4.10. The lowest BCUT2D eigenvalue weighted by Gasteiger charge is -2.28. The number of fused-ring (bicyclic) bond motifs is 1. The van der Waals surface area contributed by atoms with E-state index in [0.717, 1.165) is 5.39 Å². The molecule has 0 unspecified atom stereocenters. The fraction of sp³-hybridized carbons (Fsp3) is 0.433. The van der Waals surface area contributed by atoms with Crippen LogP contribution in [0, 0.1) is 11.6 Å². The molecule has 2 amide bonds. The van der Waals surface area contributed by atoms with Gasteiger partial charge in [-0.2, -0.15) is 0 Å². The second-order valence-corrected chi connectivity index (χ2v) is 10.7. The highest BCUT2D eigenvalue weighted by Gasteiger charge is 2.22. The molecular formula is C30H39ClF2N4O4. The molecule has 0 radical (unpaired) electrons. The van der Waals surface area contributed by atoms with Gasteiger partial charge in [-0.15, -0.1) is 0 Å². The summed E-state index contributed by atoms with van der Waals surface area (Å²) in [6.07, 6.45) is 2.28. The Morgan fingerprint density at radius 3 is 2.66 bits per heavy atom. The summed E-state index contributed by atoms with van der Waals surface area (Å²) in [4.78, 5) is 31.2. The van der Waals surface area contributed by atoms with Crippen molar-refractivity contribution in [1.29, 1.82) is 0 Å². The topological polar surface area (TPSA) is 104 Å². The monoisotopic (exact) mass is 592 g/mol. The average Bonchev–Trinajstić information content (AvgIpc) is 2.89. The number of ether oxygens (including phenoxy) is 1. The highest BCUT2D eigenvalue weighted by atomic mass is 35.5. The van der Waals surface area contributed by atoms with E-state index < -0.39 is 29.4 Å². The number of aromatic nitrogens is 1. The number of halogens is 3. The lowest BCUT2D eigenvalue weighted by Crippen LogP contribution is -2.42. The molecule has 0 fully saturated rings. The lowest BCUT2D eigenvalue weighted by atomic mass is 10.1. The number of pyridine rings is 1. The number of hydrogen-bond donors (Lipinski definition) is 3. The van der Waals surface area contributed by atoms with Gasteiger partial charge in [0.25, 0.3) is 0 Å². The maximum absolute atomic E-state index is 13.8. The van der Waals surface area contributed by atoms with Gasteiger partial charge in [0.2, 0.25) is 5.91 Å². The molecule has 0 saturated heterocycles. The average molecular weight is 593 g/mol. The Labute approximate surface area is 245 Å². The third-order valence-corrected chi connectivity index (χ3v) is 6.77. The van der Waals surface area contributed by atoms with Gasteiger partial charge in [-0.3, -0.25) is 10.1 Å². The van der Waals surface area contributed by atoms with E-state index in [-0.39, 0.29) is 43.6 Å². The van der Waals surface area contributed by atoms with Crippen LogP contribution in [0.2, 0.25) is 5.02 Å². The number of likely N-dealkylation sites (N-methyl/N-ethyl adjacent to an activating group) is 1. The summed E-state index contributed by atoms with van der Waals surface area (Å²) in [7, 11) is 1.63. The summed E-state index contributed by atoms with van der Waals surface area (Å²) in [6, 6.07) is 9.84. The zero-order valence-corrected chi connectivity index (χ0v) is 23.6. The van der Waals surface area contributed by atoms with Crippen LogP contribution in [0.5, 0.6) is 0 Å². The third-order valence-electron chi connectivity index (χ3n) is 6.35. The van der Waals surface area contributed by atoms with Crippen molar-refractivity contribution < 1.29 is 28.2 Å². The number of nitrogens with zero attached hydrogens (tertiary/aromatic N) is 2. The first kappa shape index (κ1) is 33.9. The van der Waals surface area contributed by atoms with Crippen LogP contribution in [0.15, 0.2) is 48.7 Å². The minimum absolute atomic E-state index is 0. The van der Waals surface area contributed by atoms with Gasteiger partial charge < -0.3 is 20.1 Å². The number of rotatable bonds is 13. The smallest absolute Gasteiger partial charge is 0.412 e. The van der Waals surface area contributed by atoms with Gasteiger partial charge in [-0.1, -0.05) is 31.2 Å². The zero-order chi connectivity index (χ0) is 29.3. The molecule has 1 atom stereocenters. The maximum atomic E-state index is 13.8. The summed E-state index contributed by atoms with van der Waals surface area (Å²) >= 11 is 6.03. The number of aryl methyl sites for hydroxylation is 1. The molecular weight excluding hydrogens is 554 g/mol. The van der Waals surface area contributed by atoms with Crippen LogP contribution in [0.3, 0.4) is 0 Å². The van der Waals surface area contributed by atoms with Crippen molar-refractivity contribution in [3.8, 4) is 0 Å². The van der Waals surface area contributed by atoms with E-state index in [4.69, 9.17) is 16.3 Å². The number of anilines is 1. The van der Waals surface area contributed by atoms with E-state index in [9.17, 15) is 23.5 Å². The summed E-state index contributed by atoms with van der Waals surface area (Å²) in [5.41, 5.74) is -0.317. The molecule has 0 spiro atoms. The number of carbonyl (C=O) groups excluding carboxylic acids is 2. The summed E-state index contributed by atoms with van der Waals surface area (Å²) in [6.45, 7) is 4.32. The molecule has 0 aliphatic heterocycles. The first-order valence-corrected chi connectivity index (χ1v) is 13.4. The summed E-state index contributed by atoms with van der Waals surface area (Å²) < 4.78 is 32.8. The van der Waals surface area contributed by atoms with E-state index in [1.54, 1.807) is 45.2 Å². The summed E-state index contributed by atoms with van der Waals surface area (Å²) in [5, 5.41) is 16.9. The lowest BCUT2D eigenvalue weighted by molar-refractivity contribution is -0.132. The second kappa shape index (κ2) is 15.6. The number of nitrogens with one attached hydrogen (secondary N) is 2. The molecule has 1 heterocycles. The number of hydrogen-bond acceptors (Lipinski definition) is 6. The Morgan fingerprint density at radius 2 is 1.93 bits per heavy atom. The third kappa shape index (κ3) is 10.9. The second-order valence-electron chi connectivity index (χ2n) is 10.3. The van der Waals surface area contributed by atoms with Gasteiger partial charge in [-0.05, 0) is 80.9 Å². The van der Waals surface area contributed by atoms with Crippen molar-refractivity contribution in [3.63, 3.8) is 0 Å². The van der Waals surface area contributed by atoms with E-state index in [0.29, 0.717) is 36.9 Å². The van der Waals surface area contributed by atoms with Crippen LogP contribution in [0.1, 0.15) is 46.1 Å². The van der Waals surface area contributed by atoms with Crippen molar-refractivity contribution in [3.05, 3.63) is 70.9 Å². The van der Waals surface area contributed by atoms with Gasteiger partial charge in [0, 0.05) is 31.6 Å². The number of aliphatic hydroxyl groups is 1. The van der Waals surface area contributed by atoms with Crippen molar-refractivity contribution >= 4 is 40.2 Å². The Morgan fingerprint density at radius 1 is 1.17 bits per heavy atom. The summed E-state index contributed by atoms with van der Waals surface area (Å²) in [5.74, 6) is -0.954. The van der Waals surface area contributed by atoms with Gasteiger partial charge in [0.1, 0.15) is 24.1 Å². The van der Waals surface area contributed by atoms with Crippen molar-refractivity contribution in [2.75, 3.05) is 32.1 Å². The Hall–Kier alpha value is -3.34. The molecule has 0 bridgehead atoms. The first-order valence-electron chi connectivity index (χ1n) is 13.0. The zero-order valence-electron chi connectivity index (χ0n) is 22.8. The number of benzene rings is 2. The molecule has 0 aliphatic carbocycles. The molecule has 11 heteroatoms. The predicted octanol–water partition coefficient (Wildman–Crippen LogP) is 5.95. The van der Waals surface area contributed by atoms with Crippen LogP contribution < -0.4 is 10.6 Å². The fourth-order valence-corrected chi connectivity index (χ4v) is 4.32. The molecule has 224 valence electrons. The van der Waals surface area contributed by atoms with Crippen molar-refractivity contribution in [2.45, 2.75) is 58.6 Å². The van der Waals surface area contributed by atoms with E-state index >= 15 is 0 Å². The number of carbonyl (C=O) groups is 2. The van der Waals surface area contributed by atoms with Gasteiger partial charge >= 0.3 is 6.09 Å². The highest BCUT2D eigenvalue weighted by molar-refractivity contribution is 6.31. The molecule has 3 N–H and O–H groups in total. The van der Waals surface area contributed by atoms with E-state index in [1.807, 2.05) is 0 Å². The minimum atomic E-state index is -0.853. The van der Waals surface area contributed by atoms with Crippen LogP contribution >= 0.6 is 11.6 Å². The van der Waals surface area contributed by atoms with Gasteiger partial charge in [0.05, 0.1) is 16.7 Å². The van der Waals surface area contributed by atoms with Crippen LogP contribution in [-0.2, 0) is 16.0 Å². The van der Waals surface area contributed by atoms with Gasteiger partial charge in [0.15, 0.2) is 0 Å². The van der Waals surface area contributed by atoms with Gasteiger partial charge in [-0.25, -0.2) is 18.6 Å². The molecule has 3 rings (SSSR count). The molecule has 3 aromatic rings. The van der Waals surface area contributed by atoms with Crippen LogP contribution in [-0.4, -0.2) is 65.4 Å². The molecule has 0 saturated carbocycles. The van der Waals surface area contributed by atoms with E-state index in [1.165, 1.54) is 29.3 Å². The van der Waals surface area contributed by atoms with Crippen LogP contribution in [0.25, 0.3) is 10.8 Å². The highest BCUT2D eigenvalue weighted by Crippen LogP contribution is 2.22.